The first-order chi connectivity index (χ1) is 16.2. The van der Waals surface area contributed by atoms with Crippen LogP contribution in [0, 0.1) is 5.92 Å². The Morgan fingerprint density at radius 1 is 1.03 bits per heavy atom. The summed E-state index contributed by atoms with van der Waals surface area (Å²) in [5.41, 5.74) is 5.25. The van der Waals surface area contributed by atoms with Crippen molar-refractivity contribution in [1.29, 1.82) is 0 Å². The molecular formula is C26H24N4O3. The predicted molar refractivity (Wildman–Crippen MR) is 125 cm³/mol. The average molecular weight is 441 g/mol. The van der Waals surface area contributed by atoms with Crippen LogP contribution in [-0.4, -0.2) is 39.8 Å². The van der Waals surface area contributed by atoms with E-state index in [1.165, 1.54) is 0 Å². The Kier molecular flexibility index (Phi) is 5.71. The van der Waals surface area contributed by atoms with Crippen LogP contribution < -0.4 is 4.74 Å². The zero-order chi connectivity index (χ0) is 22.8. The Labute approximate surface area is 191 Å². The van der Waals surface area contributed by atoms with Gasteiger partial charge in [0.05, 0.1) is 30.7 Å². The van der Waals surface area contributed by atoms with Gasteiger partial charge in [0.15, 0.2) is 17.1 Å². The van der Waals surface area contributed by atoms with Gasteiger partial charge in [-0.25, -0.2) is 4.52 Å². The van der Waals surface area contributed by atoms with Crippen molar-refractivity contribution in [1.82, 2.24) is 19.8 Å². The first-order valence-corrected chi connectivity index (χ1v) is 10.9. The van der Waals surface area contributed by atoms with Gasteiger partial charge in [0, 0.05) is 19.1 Å². The summed E-state index contributed by atoms with van der Waals surface area (Å²) in [6.45, 7) is 0.302. The molecular weight excluding hydrogens is 416 g/mol. The number of ketones is 1. The molecule has 0 fully saturated rings. The van der Waals surface area contributed by atoms with Crippen molar-refractivity contribution < 1.29 is 14.3 Å². The molecule has 7 heteroatoms. The van der Waals surface area contributed by atoms with Crippen LogP contribution in [0.2, 0.25) is 0 Å². The molecule has 0 spiro atoms. The fraction of sp³-hybridized carbons (Fsp3) is 0.231. The highest BCUT2D eigenvalue weighted by molar-refractivity contribution is 5.97. The van der Waals surface area contributed by atoms with E-state index in [0.29, 0.717) is 36.5 Å². The van der Waals surface area contributed by atoms with Crippen LogP contribution in [-0.2, 0) is 17.8 Å². The van der Waals surface area contributed by atoms with Crippen molar-refractivity contribution in [3.8, 4) is 16.9 Å². The molecule has 2 aromatic heterocycles. The molecule has 0 amide bonds. The summed E-state index contributed by atoms with van der Waals surface area (Å²) in [7, 11) is 3.27. The minimum Gasteiger partial charge on any atom is -0.496 e. The lowest BCUT2D eigenvalue weighted by molar-refractivity contribution is 0.0950. The van der Waals surface area contributed by atoms with E-state index in [1.54, 1.807) is 18.7 Å². The second-order valence-electron chi connectivity index (χ2n) is 8.05. The number of rotatable bonds is 6. The molecule has 4 aromatic rings. The molecule has 33 heavy (non-hydrogen) atoms. The lowest BCUT2D eigenvalue weighted by Gasteiger charge is -2.20. The number of carbonyl (C=O) groups excluding carboxylic acids is 1. The van der Waals surface area contributed by atoms with E-state index < -0.39 is 0 Å². The third-order valence-corrected chi connectivity index (χ3v) is 5.89. The molecule has 2 aromatic carbocycles. The minimum atomic E-state index is -0.0176. The van der Waals surface area contributed by atoms with Crippen LogP contribution >= 0.6 is 0 Å². The second kappa shape index (κ2) is 8.96. The van der Waals surface area contributed by atoms with Gasteiger partial charge in [-0.3, -0.25) is 4.79 Å². The van der Waals surface area contributed by atoms with Gasteiger partial charge in [-0.15, -0.1) is 10.2 Å². The van der Waals surface area contributed by atoms with Gasteiger partial charge in [0.1, 0.15) is 5.75 Å². The summed E-state index contributed by atoms with van der Waals surface area (Å²) in [6, 6.07) is 17.8. The molecule has 0 saturated carbocycles. The standard InChI is InChI=1S/C26H24N4O3/c1-32-16-20-24(19-10-6-7-11-23(19)33-2)26-28-27-25-21(30(26)29-20)14-18(15-22(25)31)13-12-17-8-4-3-5-9-17/h3-13,18H,14-16H2,1-2H3/b13-12+/t18-/m1/s1. The van der Waals surface area contributed by atoms with Gasteiger partial charge >= 0.3 is 0 Å². The van der Waals surface area contributed by atoms with Crippen molar-refractivity contribution in [3.63, 3.8) is 0 Å². The van der Waals surface area contributed by atoms with Gasteiger partial charge in [-0.1, -0.05) is 60.7 Å². The number of Topliss-reactive ketones (excluding diaryl/α,β-unsaturated/α-hetero) is 1. The zero-order valence-electron chi connectivity index (χ0n) is 18.6. The summed E-state index contributed by atoms with van der Waals surface area (Å²) in [5, 5.41) is 13.6. The summed E-state index contributed by atoms with van der Waals surface area (Å²) in [4.78, 5) is 12.9. The molecule has 0 unspecified atom stereocenters. The lowest BCUT2D eigenvalue weighted by Crippen LogP contribution is -2.24. The number of hydrogen-bond donors (Lipinski definition) is 0. The summed E-state index contributed by atoms with van der Waals surface area (Å²) >= 11 is 0. The van der Waals surface area contributed by atoms with Gasteiger partial charge in [0.25, 0.3) is 0 Å². The van der Waals surface area contributed by atoms with Gasteiger partial charge in [-0.05, 0) is 24.0 Å². The Balaban J connectivity index is 1.62. The molecule has 0 N–H and O–H groups in total. The molecule has 1 aliphatic carbocycles. The Bertz CT molecular complexity index is 1340. The summed E-state index contributed by atoms with van der Waals surface area (Å²) in [6.07, 6.45) is 5.22. The van der Waals surface area contributed by atoms with Gasteiger partial charge in [-0.2, -0.15) is 5.10 Å². The van der Waals surface area contributed by atoms with Crippen molar-refractivity contribution >= 4 is 17.5 Å². The Morgan fingerprint density at radius 2 is 1.82 bits per heavy atom. The predicted octanol–water partition coefficient (Wildman–Crippen LogP) is 4.40. The number of hydrogen-bond acceptors (Lipinski definition) is 6. The Morgan fingerprint density at radius 3 is 2.61 bits per heavy atom. The van der Waals surface area contributed by atoms with Crippen LogP contribution in [0.4, 0.5) is 0 Å². The van der Waals surface area contributed by atoms with Crippen molar-refractivity contribution in [2.75, 3.05) is 14.2 Å². The molecule has 166 valence electrons. The van der Waals surface area contributed by atoms with E-state index in [9.17, 15) is 4.79 Å². The summed E-state index contributed by atoms with van der Waals surface area (Å²) in [5.74, 6) is 0.752. The number of nitrogens with zero attached hydrogens (tertiary/aromatic N) is 4. The van der Waals surface area contributed by atoms with Crippen molar-refractivity contribution in [2.45, 2.75) is 19.4 Å². The first-order valence-electron chi connectivity index (χ1n) is 10.9. The normalized spacial score (nSPS) is 15.8. The van der Waals surface area contributed by atoms with Crippen LogP contribution in [0.25, 0.3) is 22.9 Å². The molecule has 7 nitrogen and oxygen atoms in total. The van der Waals surface area contributed by atoms with Crippen molar-refractivity contribution in [2.24, 2.45) is 5.92 Å². The molecule has 2 heterocycles. The molecule has 0 radical (unpaired) electrons. The van der Waals surface area contributed by atoms with E-state index in [4.69, 9.17) is 14.6 Å². The van der Waals surface area contributed by atoms with Crippen LogP contribution in [0.5, 0.6) is 5.75 Å². The largest absolute Gasteiger partial charge is 0.496 e. The number of ether oxygens (including phenoxy) is 2. The smallest absolute Gasteiger partial charge is 0.186 e. The van der Waals surface area contributed by atoms with E-state index in [1.807, 2.05) is 54.6 Å². The fourth-order valence-electron chi connectivity index (χ4n) is 4.36. The molecule has 0 saturated heterocycles. The highest BCUT2D eigenvalue weighted by atomic mass is 16.5. The molecule has 0 aliphatic heterocycles. The lowest BCUT2D eigenvalue weighted by atomic mass is 9.88. The fourth-order valence-corrected chi connectivity index (χ4v) is 4.36. The zero-order valence-corrected chi connectivity index (χ0v) is 18.6. The van der Waals surface area contributed by atoms with E-state index >= 15 is 0 Å². The average Bonchev–Trinajstić information content (AvgIpc) is 3.22. The maximum absolute atomic E-state index is 12.9. The number of aromatic nitrogens is 4. The van der Waals surface area contributed by atoms with Crippen LogP contribution in [0.15, 0.2) is 60.7 Å². The van der Waals surface area contributed by atoms with Crippen LogP contribution in [0.3, 0.4) is 0 Å². The quantitative estimate of drug-likeness (QED) is 0.442. The number of para-hydroxylation sites is 1. The summed E-state index contributed by atoms with van der Waals surface area (Å²) < 4.78 is 12.8. The first kappa shape index (κ1) is 21.0. The maximum atomic E-state index is 12.9. The molecule has 5 rings (SSSR count). The Hall–Kier alpha value is -3.84. The van der Waals surface area contributed by atoms with Gasteiger partial charge < -0.3 is 9.47 Å². The van der Waals surface area contributed by atoms with Crippen LogP contribution in [0.1, 0.15) is 33.9 Å². The highest BCUT2D eigenvalue weighted by Gasteiger charge is 2.30. The number of fused-ring (bicyclic) bond motifs is 3. The number of methoxy groups -OCH3 is 2. The number of benzene rings is 2. The third kappa shape index (κ3) is 3.91. The second-order valence-corrected chi connectivity index (χ2v) is 8.05. The van der Waals surface area contributed by atoms with Gasteiger partial charge in [0.2, 0.25) is 0 Å². The van der Waals surface area contributed by atoms with E-state index in [2.05, 4.69) is 22.3 Å². The monoisotopic (exact) mass is 440 g/mol. The third-order valence-electron chi connectivity index (χ3n) is 5.89. The van der Waals surface area contributed by atoms with E-state index in [-0.39, 0.29) is 11.7 Å². The number of carbonyl (C=O) groups is 1. The SMILES string of the molecule is COCc1nn2c3c(nnc2c1-c1ccccc1OC)C(=O)C[C@H](/C=C/c1ccccc1)C3. The van der Waals surface area contributed by atoms with E-state index in [0.717, 1.165) is 28.1 Å². The van der Waals surface area contributed by atoms with Crippen molar-refractivity contribution in [3.05, 3.63) is 83.3 Å². The molecule has 1 aliphatic rings. The highest BCUT2D eigenvalue weighted by Crippen LogP contribution is 2.36. The molecule has 1 atom stereocenters. The minimum absolute atomic E-state index is 0.0176. The topological polar surface area (TPSA) is 78.6 Å². The maximum Gasteiger partial charge on any atom is 0.186 e. The number of allylic oxidation sites excluding steroid dienone is 1. The molecule has 0 bridgehead atoms.